The third-order valence-corrected chi connectivity index (χ3v) is 2.11. The third-order valence-electron chi connectivity index (χ3n) is 2.11. The Morgan fingerprint density at radius 1 is 1.40 bits per heavy atom. The highest BCUT2D eigenvalue weighted by Gasteiger charge is 2.38. The Morgan fingerprint density at radius 3 is 2.20 bits per heavy atom. The van der Waals surface area contributed by atoms with Gasteiger partial charge in [-0.3, -0.25) is 0 Å². The van der Waals surface area contributed by atoms with Crippen LogP contribution in [0.1, 0.15) is 6.42 Å². The summed E-state index contributed by atoms with van der Waals surface area (Å²) in [5, 5.41) is 26.8. The Bertz CT molecular complexity index is 120. The van der Waals surface area contributed by atoms with Gasteiger partial charge in [-0.25, -0.2) is 0 Å². The van der Waals surface area contributed by atoms with E-state index in [0.29, 0.717) is 6.42 Å². The number of aliphatic hydroxyl groups excluding tert-OH is 3. The van der Waals surface area contributed by atoms with Crippen molar-refractivity contribution in [1.29, 1.82) is 0 Å². The van der Waals surface area contributed by atoms with Crippen LogP contribution in [0.15, 0.2) is 0 Å². The molecular weight excluding hydrogens is 134 g/mol. The Hall–Kier alpha value is -0.160. The molecule has 1 aliphatic carbocycles. The first kappa shape index (κ1) is 7.94. The summed E-state index contributed by atoms with van der Waals surface area (Å²) in [5.74, 6) is -0.352. The third kappa shape index (κ3) is 1.15. The molecule has 60 valence electrons. The summed E-state index contributed by atoms with van der Waals surface area (Å²) in [6.07, 6.45) is -1.22. The minimum Gasteiger partial charge on any atom is -0.396 e. The molecule has 0 aliphatic heterocycles. The van der Waals surface area contributed by atoms with Gasteiger partial charge in [-0.05, 0) is 6.42 Å². The number of hydrogen-bond acceptors (Lipinski definition) is 4. The molecule has 0 unspecified atom stereocenters. The van der Waals surface area contributed by atoms with Crippen molar-refractivity contribution in [3.8, 4) is 0 Å². The molecular formula is C6H13NO3. The SMILES string of the molecule is N[C@H]1C[C@H](O)[C@@H](O)[C@@H]1CO. The summed E-state index contributed by atoms with van der Waals surface area (Å²) in [7, 11) is 0. The zero-order valence-corrected chi connectivity index (χ0v) is 5.64. The molecule has 0 heterocycles. The molecule has 5 N–H and O–H groups in total. The maximum absolute atomic E-state index is 9.14. The smallest absolute Gasteiger partial charge is 0.0864 e. The van der Waals surface area contributed by atoms with Gasteiger partial charge in [-0.15, -0.1) is 0 Å². The lowest BCUT2D eigenvalue weighted by atomic mass is 10.0. The molecule has 4 atom stereocenters. The molecule has 4 nitrogen and oxygen atoms in total. The maximum Gasteiger partial charge on any atom is 0.0864 e. The highest BCUT2D eigenvalue weighted by Crippen LogP contribution is 2.24. The first-order valence-corrected chi connectivity index (χ1v) is 3.39. The summed E-state index contributed by atoms with van der Waals surface area (Å²) in [4.78, 5) is 0. The number of nitrogens with two attached hydrogens (primary N) is 1. The lowest BCUT2D eigenvalue weighted by Gasteiger charge is -2.15. The van der Waals surface area contributed by atoms with Crippen LogP contribution in [0.5, 0.6) is 0 Å². The monoisotopic (exact) mass is 147 g/mol. The van der Waals surface area contributed by atoms with Crippen LogP contribution < -0.4 is 5.73 Å². The normalized spacial score (nSPS) is 48.0. The molecule has 0 aromatic carbocycles. The second kappa shape index (κ2) is 2.84. The van der Waals surface area contributed by atoms with Gasteiger partial charge in [-0.1, -0.05) is 0 Å². The lowest BCUT2D eigenvalue weighted by Crippen LogP contribution is -2.33. The van der Waals surface area contributed by atoms with Crippen molar-refractivity contribution in [2.24, 2.45) is 11.7 Å². The van der Waals surface area contributed by atoms with Crippen LogP contribution in [0.2, 0.25) is 0 Å². The zero-order chi connectivity index (χ0) is 7.72. The minimum atomic E-state index is -0.847. The van der Waals surface area contributed by atoms with Crippen molar-refractivity contribution in [3.05, 3.63) is 0 Å². The van der Waals surface area contributed by atoms with Gasteiger partial charge in [0.2, 0.25) is 0 Å². The molecule has 0 bridgehead atoms. The van der Waals surface area contributed by atoms with Gasteiger partial charge in [0.1, 0.15) is 0 Å². The van der Waals surface area contributed by atoms with Crippen LogP contribution >= 0.6 is 0 Å². The molecule has 1 aliphatic rings. The first-order valence-electron chi connectivity index (χ1n) is 3.39. The van der Waals surface area contributed by atoms with E-state index in [1.54, 1.807) is 0 Å². The Kier molecular flexibility index (Phi) is 2.25. The van der Waals surface area contributed by atoms with E-state index in [1.807, 2.05) is 0 Å². The predicted molar refractivity (Wildman–Crippen MR) is 35.2 cm³/mol. The van der Waals surface area contributed by atoms with Crippen LogP contribution in [0.3, 0.4) is 0 Å². The van der Waals surface area contributed by atoms with Crippen molar-refractivity contribution >= 4 is 0 Å². The molecule has 0 aromatic heterocycles. The standard InChI is InChI=1S/C6H13NO3/c7-4-1-5(9)6(10)3(4)2-8/h3-6,8-10H,1-2,7H2/t3-,4+,5+,6+/m1/s1. The Morgan fingerprint density at radius 2 is 2.00 bits per heavy atom. The summed E-state index contributed by atoms with van der Waals surface area (Å²) in [5.41, 5.74) is 5.49. The van der Waals surface area contributed by atoms with Crippen LogP contribution in [-0.2, 0) is 0 Å². The highest BCUT2D eigenvalue weighted by atomic mass is 16.3. The fourth-order valence-corrected chi connectivity index (χ4v) is 1.38. The second-order valence-corrected chi connectivity index (χ2v) is 2.80. The predicted octanol–water partition coefficient (Wildman–Crippen LogP) is -1.95. The van der Waals surface area contributed by atoms with E-state index in [0.717, 1.165) is 0 Å². The van der Waals surface area contributed by atoms with E-state index in [1.165, 1.54) is 0 Å². The van der Waals surface area contributed by atoms with E-state index >= 15 is 0 Å². The van der Waals surface area contributed by atoms with Crippen molar-refractivity contribution in [2.75, 3.05) is 6.61 Å². The Balaban J connectivity index is 2.55. The van der Waals surface area contributed by atoms with Crippen molar-refractivity contribution < 1.29 is 15.3 Å². The van der Waals surface area contributed by atoms with Crippen molar-refractivity contribution in [2.45, 2.75) is 24.7 Å². The molecule has 1 saturated carbocycles. The van der Waals surface area contributed by atoms with Crippen LogP contribution in [-0.4, -0.2) is 40.2 Å². The molecule has 0 aromatic rings. The highest BCUT2D eigenvalue weighted by molar-refractivity contribution is 4.92. The second-order valence-electron chi connectivity index (χ2n) is 2.80. The maximum atomic E-state index is 9.14. The average molecular weight is 147 g/mol. The molecule has 4 heteroatoms. The van der Waals surface area contributed by atoms with Gasteiger partial charge < -0.3 is 21.1 Å². The zero-order valence-electron chi connectivity index (χ0n) is 5.64. The molecule has 0 amide bonds. The summed E-state index contributed by atoms with van der Waals surface area (Å²) in [6.45, 7) is -0.153. The topological polar surface area (TPSA) is 86.7 Å². The number of hydrogen-bond donors (Lipinski definition) is 4. The quantitative estimate of drug-likeness (QED) is 0.347. The molecule has 0 radical (unpaired) electrons. The largest absolute Gasteiger partial charge is 0.396 e. The number of aliphatic hydroxyl groups is 3. The fraction of sp³-hybridized carbons (Fsp3) is 1.00. The van der Waals surface area contributed by atoms with Crippen LogP contribution in [0.4, 0.5) is 0 Å². The van der Waals surface area contributed by atoms with Crippen LogP contribution in [0.25, 0.3) is 0 Å². The van der Waals surface area contributed by atoms with Gasteiger partial charge in [0.05, 0.1) is 12.2 Å². The van der Waals surface area contributed by atoms with Crippen LogP contribution in [0, 0.1) is 5.92 Å². The van der Waals surface area contributed by atoms with Crippen molar-refractivity contribution in [1.82, 2.24) is 0 Å². The van der Waals surface area contributed by atoms with E-state index in [9.17, 15) is 0 Å². The fourth-order valence-electron chi connectivity index (χ4n) is 1.38. The van der Waals surface area contributed by atoms with E-state index in [-0.39, 0.29) is 18.6 Å². The van der Waals surface area contributed by atoms with Gasteiger partial charge in [0, 0.05) is 18.6 Å². The Labute approximate surface area is 59.3 Å². The van der Waals surface area contributed by atoms with E-state index in [2.05, 4.69) is 0 Å². The van der Waals surface area contributed by atoms with E-state index in [4.69, 9.17) is 21.1 Å². The minimum absolute atomic E-state index is 0.153. The average Bonchev–Trinajstić information content (AvgIpc) is 2.09. The van der Waals surface area contributed by atoms with Gasteiger partial charge in [0.25, 0.3) is 0 Å². The molecule has 1 fully saturated rings. The van der Waals surface area contributed by atoms with Crippen molar-refractivity contribution in [3.63, 3.8) is 0 Å². The van der Waals surface area contributed by atoms with E-state index < -0.39 is 12.2 Å². The van der Waals surface area contributed by atoms with Gasteiger partial charge in [-0.2, -0.15) is 0 Å². The summed E-state index contributed by atoms with van der Waals surface area (Å²) < 4.78 is 0. The molecule has 0 saturated heterocycles. The molecule has 0 spiro atoms. The summed E-state index contributed by atoms with van der Waals surface area (Å²) in [6, 6.07) is -0.269. The lowest BCUT2D eigenvalue weighted by molar-refractivity contribution is 0.00582. The number of rotatable bonds is 1. The molecule has 1 rings (SSSR count). The van der Waals surface area contributed by atoms with Gasteiger partial charge in [0.15, 0.2) is 0 Å². The van der Waals surface area contributed by atoms with Gasteiger partial charge >= 0.3 is 0 Å². The first-order chi connectivity index (χ1) is 4.66. The summed E-state index contributed by atoms with van der Waals surface area (Å²) >= 11 is 0. The molecule has 10 heavy (non-hydrogen) atoms.